The van der Waals surface area contributed by atoms with Crippen molar-refractivity contribution >= 4 is 11.8 Å². The summed E-state index contributed by atoms with van der Waals surface area (Å²) in [5.41, 5.74) is 4.70. The van der Waals surface area contributed by atoms with Crippen molar-refractivity contribution in [3.05, 3.63) is 54.1 Å². The molecular weight excluding hydrogens is 312 g/mol. The van der Waals surface area contributed by atoms with E-state index < -0.39 is 11.8 Å². The Bertz CT molecular complexity index is 718. The van der Waals surface area contributed by atoms with Gasteiger partial charge in [0, 0.05) is 5.56 Å². The first-order chi connectivity index (χ1) is 11.6. The van der Waals surface area contributed by atoms with Gasteiger partial charge < -0.3 is 14.6 Å². The van der Waals surface area contributed by atoms with E-state index in [4.69, 9.17) is 9.47 Å². The number of rotatable bonds is 6. The van der Waals surface area contributed by atoms with E-state index in [1.165, 1.54) is 24.3 Å². The number of hydrazine groups is 1. The van der Waals surface area contributed by atoms with Gasteiger partial charge in [0.15, 0.2) is 18.1 Å². The number of aromatic hydroxyl groups is 1. The molecule has 0 saturated heterocycles. The van der Waals surface area contributed by atoms with Crippen LogP contribution >= 0.6 is 0 Å². The third-order valence-corrected chi connectivity index (χ3v) is 2.93. The highest BCUT2D eigenvalue weighted by molar-refractivity contribution is 5.95. The third-order valence-electron chi connectivity index (χ3n) is 2.93. The van der Waals surface area contributed by atoms with Crippen LogP contribution < -0.4 is 20.3 Å². The van der Waals surface area contributed by atoms with Crippen molar-refractivity contribution in [1.29, 1.82) is 0 Å². The fourth-order valence-corrected chi connectivity index (χ4v) is 1.87. The van der Waals surface area contributed by atoms with Gasteiger partial charge >= 0.3 is 0 Å². The van der Waals surface area contributed by atoms with Gasteiger partial charge in [-0.1, -0.05) is 18.2 Å². The molecular formula is C17H18N2O5. The number of amides is 2. The van der Waals surface area contributed by atoms with Crippen molar-refractivity contribution < 1.29 is 24.2 Å². The summed E-state index contributed by atoms with van der Waals surface area (Å²) >= 11 is 0. The maximum Gasteiger partial charge on any atom is 0.276 e. The van der Waals surface area contributed by atoms with Gasteiger partial charge in [0.1, 0.15) is 5.75 Å². The number of nitrogens with one attached hydrogen (secondary N) is 2. The molecule has 126 valence electrons. The fourth-order valence-electron chi connectivity index (χ4n) is 1.87. The molecule has 2 aromatic rings. The zero-order valence-electron chi connectivity index (χ0n) is 13.1. The van der Waals surface area contributed by atoms with Gasteiger partial charge in [-0.3, -0.25) is 20.4 Å². The Morgan fingerprint density at radius 3 is 2.38 bits per heavy atom. The van der Waals surface area contributed by atoms with Crippen LogP contribution in [0.15, 0.2) is 48.5 Å². The van der Waals surface area contributed by atoms with Gasteiger partial charge in [0.05, 0.1) is 6.61 Å². The average Bonchev–Trinajstić information content (AvgIpc) is 2.59. The summed E-state index contributed by atoms with van der Waals surface area (Å²) < 4.78 is 10.8. The minimum atomic E-state index is -0.547. The quantitative estimate of drug-likeness (QED) is 0.700. The Morgan fingerprint density at radius 2 is 1.71 bits per heavy atom. The van der Waals surface area contributed by atoms with E-state index in [9.17, 15) is 14.7 Å². The van der Waals surface area contributed by atoms with E-state index in [2.05, 4.69) is 10.9 Å². The first-order valence-electron chi connectivity index (χ1n) is 7.33. The van der Waals surface area contributed by atoms with Crippen LogP contribution in [0.25, 0.3) is 0 Å². The first-order valence-corrected chi connectivity index (χ1v) is 7.33. The molecule has 3 N–H and O–H groups in total. The van der Waals surface area contributed by atoms with Crippen LogP contribution in [0.3, 0.4) is 0 Å². The predicted molar refractivity (Wildman–Crippen MR) is 86.8 cm³/mol. The minimum Gasteiger partial charge on any atom is -0.508 e. The van der Waals surface area contributed by atoms with Crippen LogP contribution in [0, 0.1) is 0 Å². The van der Waals surface area contributed by atoms with Gasteiger partial charge in [0.2, 0.25) is 0 Å². The van der Waals surface area contributed by atoms with Crippen molar-refractivity contribution in [2.24, 2.45) is 0 Å². The van der Waals surface area contributed by atoms with Crippen molar-refractivity contribution in [3.63, 3.8) is 0 Å². The molecule has 0 spiro atoms. The van der Waals surface area contributed by atoms with E-state index in [-0.39, 0.29) is 17.9 Å². The average molecular weight is 330 g/mol. The normalized spacial score (nSPS) is 9.88. The predicted octanol–water partition coefficient (Wildman–Crippen LogP) is 1.63. The number of phenolic OH excluding ortho intramolecular Hbond substituents is 1. The molecule has 0 unspecified atom stereocenters. The van der Waals surface area contributed by atoms with E-state index in [1.807, 2.05) is 6.92 Å². The Labute approximate surface area is 139 Å². The van der Waals surface area contributed by atoms with Gasteiger partial charge in [-0.15, -0.1) is 0 Å². The molecule has 0 heterocycles. The summed E-state index contributed by atoms with van der Waals surface area (Å²) in [7, 11) is 0. The molecule has 0 saturated carbocycles. The first kappa shape index (κ1) is 17.1. The maximum absolute atomic E-state index is 11.8. The van der Waals surface area contributed by atoms with Crippen LogP contribution in [-0.2, 0) is 4.79 Å². The lowest BCUT2D eigenvalue weighted by molar-refractivity contribution is -0.123. The van der Waals surface area contributed by atoms with Crippen molar-refractivity contribution in [3.8, 4) is 17.2 Å². The largest absolute Gasteiger partial charge is 0.508 e. The van der Waals surface area contributed by atoms with Crippen LogP contribution in [0.2, 0.25) is 0 Å². The van der Waals surface area contributed by atoms with E-state index in [1.54, 1.807) is 24.3 Å². The summed E-state index contributed by atoms with van der Waals surface area (Å²) in [6, 6.07) is 12.8. The van der Waals surface area contributed by atoms with Gasteiger partial charge in [-0.2, -0.15) is 0 Å². The number of benzene rings is 2. The second-order valence-corrected chi connectivity index (χ2v) is 4.72. The molecule has 0 aliphatic heterocycles. The molecule has 2 amide bonds. The molecule has 0 fully saturated rings. The van der Waals surface area contributed by atoms with E-state index in [0.29, 0.717) is 18.1 Å². The monoisotopic (exact) mass is 330 g/mol. The van der Waals surface area contributed by atoms with Crippen LogP contribution in [0.1, 0.15) is 17.3 Å². The third kappa shape index (κ3) is 4.91. The fraction of sp³-hybridized carbons (Fsp3) is 0.176. The highest BCUT2D eigenvalue weighted by atomic mass is 16.5. The second kappa shape index (κ2) is 8.42. The Morgan fingerprint density at radius 1 is 1.00 bits per heavy atom. The Kier molecular flexibility index (Phi) is 6.01. The van der Waals surface area contributed by atoms with Crippen molar-refractivity contribution in [2.45, 2.75) is 6.92 Å². The standard InChI is InChI=1S/C17H18N2O5/c1-2-23-14-8-3-4-9-15(14)24-11-16(21)18-19-17(22)12-6-5-7-13(20)10-12/h3-10,20H,2,11H2,1H3,(H,18,21)(H,19,22). The highest BCUT2D eigenvalue weighted by Gasteiger charge is 2.10. The highest BCUT2D eigenvalue weighted by Crippen LogP contribution is 2.26. The van der Waals surface area contributed by atoms with Crippen LogP contribution in [0.4, 0.5) is 0 Å². The Balaban J connectivity index is 1.83. The topological polar surface area (TPSA) is 96.9 Å². The number of carbonyl (C=O) groups excluding carboxylic acids is 2. The summed E-state index contributed by atoms with van der Waals surface area (Å²) in [4.78, 5) is 23.6. The number of ether oxygens (including phenoxy) is 2. The van der Waals surface area contributed by atoms with Crippen molar-refractivity contribution in [2.75, 3.05) is 13.2 Å². The Hall–Kier alpha value is -3.22. The van der Waals surface area contributed by atoms with Gasteiger partial charge in [-0.25, -0.2) is 0 Å². The summed E-state index contributed by atoms with van der Waals surface area (Å²) in [6.07, 6.45) is 0. The zero-order valence-corrected chi connectivity index (χ0v) is 13.1. The molecule has 0 radical (unpaired) electrons. The molecule has 2 aromatic carbocycles. The zero-order chi connectivity index (χ0) is 17.4. The van der Waals surface area contributed by atoms with Gasteiger partial charge in [-0.05, 0) is 37.3 Å². The molecule has 7 heteroatoms. The van der Waals surface area contributed by atoms with Crippen molar-refractivity contribution in [1.82, 2.24) is 10.9 Å². The van der Waals surface area contributed by atoms with Crippen LogP contribution in [0.5, 0.6) is 17.2 Å². The molecule has 24 heavy (non-hydrogen) atoms. The summed E-state index contributed by atoms with van der Waals surface area (Å²) in [5, 5.41) is 9.32. The van der Waals surface area contributed by atoms with Gasteiger partial charge in [0.25, 0.3) is 11.8 Å². The number of para-hydroxylation sites is 2. The number of hydrogen-bond donors (Lipinski definition) is 3. The summed E-state index contributed by atoms with van der Waals surface area (Å²) in [6.45, 7) is 2.04. The summed E-state index contributed by atoms with van der Waals surface area (Å²) in [5.74, 6) is -0.140. The van der Waals surface area contributed by atoms with E-state index in [0.717, 1.165) is 0 Å². The van der Waals surface area contributed by atoms with E-state index >= 15 is 0 Å². The molecule has 0 aromatic heterocycles. The molecule has 0 bridgehead atoms. The smallest absolute Gasteiger partial charge is 0.276 e. The lowest BCUT2D eigenvalue weighted by Crippen LogP contribution is -2.43. The number of phenols is 1. The molecule has 7 nitrogen and oxygen atoms in total. The molecule has 0 atom stereocenters. The van der Waals surface area contributed by atoms with Crippen LogP contribution in [-0.4, -0.2) is 30.1 Å². The molecule has 0 aliphatic rings. The maximum atomic E-state index is 11.8. The molecule has 0 aliphatic carbocycles. The SMILES string of the molecule is CCOc1ccccc1OCC(=O)NNC(=O)c1cccc(O)c1. The number of carbonyl (C=O) groups is 2. The minimum absolute atomic E-state index is 0.0372. The second-order valence-electron chi connectivity index (χ2n) is 4.72. The lowest BCUT2D eigenvalue weighted by atomic mass is 10.2. The lowest BCUT2D eigenvalue weighted by Gasteiger charge is -2.12. The molecule has 2 rings (SSSR count). The number of hydrogen-bond acceptors (Lipinski definition) is 5.